The molecule has 19 heavy (non-hydrogen) atoms. The summed E-state index contributed by atoms with van der Waals surface area (Å²) in [5.41, 5.74) is 6.23. The first kappa shape index (κ1) is 15.0. The third-order valence-electron chi connectivity index (χ3n) is 2.67. The van der Waals surface area contributed by atoms with Crippen LogP contribution in [0.2, 0.25) is 0 Å². The number of nitrogens with zero attached hydrogens (tertiary/aromatic N) is 1. The van der Waals surface area contributed by atoms with E-state index in [0.717, 1.165) is 25.9 Å². The average molecular weight is 263 g/mol. The molecule has 3 amide bonds. The molecule has 5 nitrogen and oxygen atoms in total. The zero-order valence-electron chi connectivity index (χ0n) is 11.5. The number of hydrogen-bond donors (Lipinski definition) is 2. The average Bonchev–Trinajstić information content (AvgIpc) is 2.38. The van der Waals surface area contributed by atoms with Gasteiger partial charge in [-0.15, -0.1) is 0 Å². The van der Waals surface area contributed by atoms with Crippen molar-refractivity contribution in [2.45, 2.75) is 26.7 Å². The summed E-state index contributed by atoms with van der Waals surface area (Å²) < 4.78 is 0. The SMILES string of the molecule is CCCN(CCC)C(=O)c1ccc(NC(N)=O)cc1. The molecule has 0 aliphatic rings. The van der Waals surface area contributed by atoms with Crippen molar-refractivity contribution in [3.8, 4) is 0 Å². The second kappa shape index (κ2) is 7.41. The van der Waals surface area contributed by atoms with Crippen LogP contribution in [0.25, 0.3) is 0 Å². The van der Waals surface area contributed by atoms with E-state index < -0.39 is 6.03 Å². The normalized spacial score (nSPS) is 10.0. The van der Waals surface area contributed by atoms with E-state index in [1.165, 1.54) is 0 Å². The summed E-state index contributed by atoms with van der Waals surface area (Å²) in [5.74, 6) is 0.0225. The minimum Gasteiger partial charge on any atom is -0.351 e. The Labute approximate surface area is 113 Å². The van der Waals surface area contributed by atoms with Crippen LogP contribution in [-0.2, 0) is 0 Å². The van der Waals surface area contributed by atoms with Crippen LogP contribution in [0, 0.1) is 0 Å². The zero-order valence-corrected chi connectivity index (χ0v) is 11.5. The highest BCUT2D eigenvalue weighted by Gasteiger charge is 2.13. The van der Waals surface area contributed by atoms with Crippen LogP contribution in [-0.4, -0.2) is 29.9 Å². The second-order valence-corrected chi connectivity index (χ2v) is 4.36. The Kier molecular flexibility index (Phi) is 5.85. The maximum absolute atomic E-state index is 12.3. The number of anilines is 1. The highest BCUT2D eigenvalue weighted by molar-refractivity contribution is 5.95. The smallest absolute Gasteiger partial charge is 0.316 e. The van der Waals surface area contributed by atoms with Gasteiger partial charge >= 0.3 is 6.03 Å². The van der Waals surface area contributed by atoms with Gasteiger partial charge in [0.05, 0.1) is 0 Å². The molecule has 104 valence electrons. The molecule has 0 fully saturated rings. The Hall–Kier alpha value is -2.04. The standard InChI is InChI=1S/C14H21N3O2/c1-3-9-17(10-4-2)13(18)11-5-7-12(8-6-11)16-14(15)19/h5-8H,3-4,9-10H2,1-2H3,(H3,15,16,19). The van der Waals surface area contributed by atoms with E-state index in [1.807, 2.05) is 4.90 Å². The van der Waals surface area contributed by atoms with Crippen molar-refractivity contribution < 1.29 is 9.59 Å². The van der Waals surface area contributed by atoms with Crippen LogP contribution < -0.4 is 11.1 Å². The van der Waals surface area contributed by atoms with Crippen molar-refractivity contribution in [3.63, 3.8) is 0 Å². The maximum atomic E-state index is 12.3. The van der Waals surface area contributed by atoms with Gasteiger partial charge in [-0.1, -0.05) is 13.8 Å². The summed E-state index contributed by atoms with van der Waals surface area (Å²) in [6.45, 7) is 5.62. The van der Waals surface area contributed by atoms with E-state index in [2.05, 4.69) is 19.2 Å². The van der Waals surface area contributed by atoms with E-state index in [9.17, 15) is 9.59 Å². The van der Waals surface area contributed by atoms with Crippen molar-refractivity contribution in [2.75, 3.05) is 18.4 Å². The molecule has 0 bridgehead atoms. The van der Waals surface area contributed by atoms with E-state index >= 15 is 0 Å². The summed E-state index contributed by atoms with van der Waals surface area (Å²) in [6.07, 6.45) is 1.88. The number of hydrogen-bond acceptors (Lipinski definition) is 2. The lowest BCUT2D eigenvalue weighted by molar-refractivity contribution is 0.0755. The van der Waals surface area contributed by atoms with Crippen LogP contribution in [0.3, 0.4) is 0 Å². The van der Waals surface area contributed by atoms with Gasteiger partial charge in [-0.3, -0.25) is 4.79 Å². The van der Waals surface area contributed by atoms with E-state index in [-0.39, 0.29) is 5.91 Å². The van der Waals surface area contributed by atoms with Gasteiger partial charge in [-0.05, 0) is 37.1 Å². The maximum Gasteiger partial charge on any atom is 0.316 e. The monoisotopic (exact) mass is 263 g/mol. The predicted molar refractivity (Wildman–Crippen MR) is 76.1 cm³/mol. The fourth-order valence-electron chi connectivity index (χ4n) is 1.88. The number of urea groups is 1. The molecular formula is C14H21N3O2. The molecule has 0 aromatic heterocycles. The van der Waals surface area contributed by atoms with Gasteiger partial charge in [-0.25, -0.2) is 4.79 Å². The van der Waals surface area contributed by atoms with Crippen molar-refractivity contribution >= 4 is 17.6 Å². The van der Waals surface area contributed by atoms with Gasteiger partial charge in [0, 0.05) is 24.3 Å². The minimum absolute atomic E-state index is 0.0225. The van der Waals surface area contributed by atoms with Crippen LogP contribution >= 0.6 is 0 Å². The molecule has 0 aliphatic carbocycles. The van der Waals surface area contributed by atoms with Gasteiger partial charge in [0.2, 0.25) is 0 Å². The molecule has 1 aromatic rings. The summed E-state index contributed by atoms with van der Waals surface area (Å²) in [4.78, 5) is 24.8. The summed E-state index contributed by atoms with van der Waals surface area (Å²) in [5, 5.41) is 2.46. The minimum atomic E-state index is -0.613. The molecular weight excluding hydrogens is 242 g/mol. The van der Waals surface area contributed by atoms with Gasteiger partial charge in [0.25, 0.3) is 5.91 Å². The van der Waals surface area contributed by atoms with Crippen molar-refractivity contribution in [1.82, 2.24) is 4.90 Å². The number of nitrogens with two attached hydrogens (primary N) is 1. The van der Waals surface area contributed by atoms with Crippen LogP contribution in [0.1, 0.15) is 37.0 Å². The Morgan fingerprint density at radius 1 is 1.11 bits per heavy atom. The molecule has 0 unspecified atom stereocenters. The molecule has 1 aromatic carbocycles. The summed E-state index contributed by atoms with van der Waals surface area (Å²) >= 11 is 0. The lowest BCUT2D eigenvalue weighted by atomic mass is 10.1. The molecule has 0 radical (unpaired) electrons. The fourth-order valence-corrected chi connectivity index (χ4v) is 1.88. The van der Waals surface area contributed by atoms with Crippen molar-refractivity contribution in [2.24, 2.45) is 5.73 Å². The predicted octanol–water partition coefficient (Wildman–Crippen LogP) is 2.44. The highest BCUT2D eigenvalue weighted by atomic mass is 16.2. The Morgan fingerprint density at radius 3 is 2.05 bits per heavy atom. The number of nitrogens with one attached hydrogen (secondary N) is 1. The van der Waals surface area contributed by atoms with Gasteiger partial charge in [0.1, 0.15) is 0 Å². The number of benzene rings is 1. The summed E-state index contributed by atoms with van der Waals surface area (Å²) in [7, 11) is 0. The third kappa shape index (κ3) is 4.62. The molecule has 0 spiro atoms. The van der Waals surface area contributed by atoms with Crippen molar-refractivity contribution in [3.05, 3.63) is 29.8 Å². The first-order valence-corrected chi connectivity index (χ1v) is 6.54. The van der Waals surface area contributed by atoms with E-state index in [1.54, 1.807) is 24.3 Å². The molecule has 3 N–H and O–H groups in total. The first-order chi connectivity index (χ1) is 9.08. The summed E-state index contributed by atoms with van der Waals surface area (Å²) in [6, 6.07) is 6.14. The molecule has 0 aliphatic heterocycles. The quantitative estimate of drug-likeness (QED) is 0.827. The Balaban J connectivity index is 2.77. The largest absolute Gasteiger partial charge is 0.351 e. The van der Waals surface area contributed by atoms with Gasteiger partial charge < -0.3 is 16.0 Å². The number of carbonyl (C=O) groups is 2. The fraction of sp³-hybridized carbons (Fsp3) is 0.429. The van der Waals surface area contributed by atoms with Crippen molar-refractivity contribution in [1.29, 1.82) is 0 Å². The van der Waals surface area contributed by atoms with Crippen LogP contribution in [0.5, 0.6) is 0 Å². The van der Waals surface area contributed by atoms with Gasteiger partial charge in [-0.2, -0.15) is 0 Å². The molecule has 5 heteroatoms. The number of carbonyl (C=O) groups excluding carboxylic acids is 2. The van der Waals surface area contributed by atoms with Crippen LogP contribution in [0.4, 0.5) is 10.5 Å². The van der Waals surface area contributed by atoms with Gasteiger partial charge in [0.15, 0.2) is 0 Å². The lowest BCUT2D eigenvalue weighted by Crippen LogP contribution is -2.32. The first-order valence-electron chi connectivity index (χ1n) is 6.54. The Morgan fingerprint density at radius 2 is 1.63 bits per heavy atom. The molecule has 0 heterocycles. The topological polar surface area (TPSA) is 75.4 Å². The Bertz CT molecular complexity index is 423. The molecule has 0 atom stereocenters. The number of rotatable bonds is 6. The molecule has 0 saturated heterocycles. The molecule has 1 rings (SSSR count). The second-order valence-electron chi connectivity index (χ2n) is 4.36. The lowest BCUT2D eigenvalue weighted by Gasteiger charge is -2.21. The molecule has 0 saturated carbocycles. The number of primary amides is 1. The zero-order chi connectivity index (χ0) is 14.3. The third-order valence-corrected chi connectivity index (χ3v) is 2.67. The van der Waals surface area contributed by atoms with E-state index in [4.69, 9.17) is 5.73 Å². The highest BCUT2D eigenvalue weighted by Crippen LogP contribution is 2.12. The number of amides is 3. The van der Waals surface area contributed by atoms with Crippen LogP contribution in [0.15, 0.2) is 24.3 Å². The van der Waals surface area contributed by atoms with E-state index in [0.29, 0.717) is 11.3 Å².